The van der Waals surface area contributed by atoms with E-state index in [-0.39, 0.29) is 11.9 Å². The largest absolute Gasteiger partial charge is 0.493 e. The van der Waals surface area contributed by atoms with Gasteiger partial charge < -0.3 is 14.4 Å². The van der Waals surface area contributed by atoms with Crippen LogP contribution in [0.2, 0.25) is 0 Å². The Morgan fingerprint density at radius 3 is 2.47 bits per heavy atom. The van der Waals surface area contributed by atoms with Crippen molar-refractivity contribution in [3.05, 3.63) is 64.7 Å². The molecular weight excluding hydrogens is 448 g/mol. The van der Waals surface area contributed by atoms with Crippen LogP contribution in [0.3, 0.4) is 0 Å². The maximum absolute atomic E-state index is 13.2. The fourth-order valence-corrected chi connectivity index (χ4v) is 5.64. The zero-order chi connectivity index (χ0) is 24.9. The first kappa shape index (κ1) is 25.3. The molecule has 36 heavy (non-hydrogen) atoms. The highest BCUT2D eigenvalue weighted by atomic mass is 16.5. The minimum absolute atomic E-state index is 0.0977. The molecule has 0 aromatic heterocycles. The number of hydrogen-bond acceptors (Lipinski definition) is 4. The van der Waals surface area contributed by atoms with Crippen LogP contribution in [0.15, 0.2) is 42.5 Å². The van der Waals surface area contributed by atoms with Crippen LogP contribution in [0.25, 0.3) is 0 Å². The molecule has 1 unspecified atom stereocenters. The molecule has 1 atom stereocenters. The number of fused-ring (bicyclic) bond motifs is 1. The van der Waals surface area contributed by atoms with Crippen molar-refractivity contribution in [2.45, 2.75) is 64.5 Å². The predicted molar refractivity (Wildman–Crippen MR) is 144 cm³/mol. The first-order valence-corrected chi connectivity index (χ1v) is 14.0. The molecule has 0 radical (unpaired) electrons. The van der Waals surface area contributed by atoms with Crippen LogP contribution >= 0.6 is 0 Å². The maximum atomic E-state index is 13.2. The monoisotopic (exact) mass is 490 g/mol. The highest BCUT2D eigenvalue weighted by Gasteiger charge is 2.27. The van der Waals surface area contributed by atoms with Gasteiger partial charge in [0, 0.05) is 45.0 Å². The summed E-state index contributed by atoms with van der Waals surface area (Å²) in [5.41, 5.74) is 5.01. The molecule has 1 aliphatic heterocycles. The molecule has 1 saturated heterocycles. The number of nitrogens with zero attached hydrogens (tertiary/aromatic N) is 2. The number of carbonyl (C=O) groups is 1. The maximum Gasteiger partial charge on any atom is 0.253 e. The van der Waals surface area contributed by atoms with Crippen LogP contribution < -0.4 is 4.74 Å². The number of rotatable bonds is 10. The number of amides is 1. The summed E-state index contributed by atoms with van der Waals surface area (Å²) in [6.07, 6.45) is 7.91. The number of likely N-dealkylation sites (N-methyl/N-ethyl adjacent to an activating group) is 1. The molecule has 5 heteroatoms. The molecule has 1 heterocycles. The van der Waals surface area contributed by atoms with Crippen molar-refractivity contribution in [1.82, 2.24) is 9.80 Å². The number of ether oxygens (including phenoxy) is 2. The van der Waals surface area contributed by atoms with Crippen molar-refractivity contribution < 1.29 is 14.3 Å². The van der Waals surface area contributed by atoms with Gasteiger partial charge in [0.1, 0.15) is 5.75 Å². The fourth-order valence-electron chi connectivity index (χ4n) is 5.64. The average molecular weight is 491 g/mol. The lowest BCUT2D eigenvalue weighted by Gasteiger charge is -2.33. The molecule has 5 rings (SSSR count). The third-order valence-corrected chi connectivity index (χ3v) is 8.34. The van der Waals surface area contributed by atoms with Gasteiger partial charge in [0.05, 0.1) is 6.61 Å². The highest BCUT2D eigenvalue weighted by Crippen LogP contribution is 2.30. The van der Waals surface area contributed by atoms with Gasteiger partial charge in [-0.3, -0.25) is 9.69 Å². The van der Waals surface area contributed by atoms with Gasteiger partial charge in [-0.15, -0.1) is 0 Å². The van der Waals surface area contributed by atoms with Gasteiger partial charge in [-0.1, -0.05) is 25.1 Å². The minimum Gasteiger partial charge on any atom is -0.493 e. The Balaban J connectivity index is 1.15. The summed E-state index contributed by atoms with van der Waals surface area (Å²) in [6.45, 7) is 8.16. The van der Waals surface area contributed by atoms with E-state index in [4.69, 9.17) is 9.47 Å². The van der Waals surface area contributed by atoms with E-state index in [9.17, 15) is 4.79 Å². The second kappa shape index (κ2) is 11.8. The van der Waals surface area contributed by atoms with Crippen LogP contribution in [-0.2, 0) is 24.1 Å². The molecule has 5 nitrogen and oxygen atoms in total. The second-order valence-electron chi connectivity index (χ2n) is 11.1. The van der Waals surface area contributed by atoms with Crippen molar-refractivity contribution in [1.29, 1.82) is 0 Å². The van der Waals surface area contributed by atoms with Gasteiger partial charge in [0.15, 0.2) is 0 Å². The summed E-state index contributed by atoms with van der Waals surface area (Å²) in [7, 11) is 1.96. The Hall–Kier alpha value is -2.37. The average Bonchev–Trinajstić information content (AvgIpc) is 3.76. The summed E-state index contributed by atoms with van der Waals surface area (Å²) in [5, 5.41) is 0. The van der Waals surface area contributed by atoms with Crippen molar-refractivity contribution >= 4 is 5.91 Å². The van der Waals surface area contributed by atoms with E-state index >= 15 is 0 Å². The summed E-state index contributed by atoms with van der Waals surface area (Å²) >= 11 is 0. The molecule has 194 valence electrons. The molecule has 3 aliphatic rings. The van der Waals surface area contributed by atoms with Gasteiger partial charge in [-0.05, 0) is 104 Å². The third kappa shape index (κ3) is 6.49. The van der Waals surface area contributed by atoms with Crippen LogP contribution in [0.4, 0.5) is 0 Å². The number of hydrogen-bond donors (Lipinski definition) is 0. The molecule has 2 aromatic rings. The topological polar surface area (TPSA) is 42.0 Å². The fraction of sp³-hybridized carbons (Fsp3) is 0.581. The summed E-state index contributed by atoms with van der Waals surface area (Å²) in [4.78, 5) is 17.7. The molecule has 1 saturated carbocycles. The lowest BCUT2D eigenvalue weighted by Crippen LogP contribution is -2.40. The van der Waals surface area contributed by atoms with Gasteiger partial charge in [-0.25, -0.2) is 0 Å². The molecule has 2 aliphatic carbocycles. The van der Waals surface area contributed by atoms with Gasteiger partial charge in [0.25, 0.3) is 5.91 Å². The number of benzene rings is 2. The van der Waals surface area contributed by atoms with Crippen molar-refractivity contribution in [2.75, 3.05) is 40.0 Å². The molecule has 0 spiro atoms. The molecular formula is C31H42N2O3. The lowest BCUT2D eigenvalue weighted by molar-refractivity contribution is 0.0521. The van der Waals surface area contributed by atoms with E-state index in [0.29, 0.717) is 0 Å². The van der Waals surface area contributed by atoms with Gasteiger partial charge >= 0.3 is 0 Å². The van der Waals surface area contributed by atoms with E-state index in [1.807, 2.05) is 36.2 Å². The van der Waals surface area contributed by atoms with Crippen LogP contribution in [0.5, 0.6) is 5.75 Å². The zero-order valence-electron chi connectivity index (χ0n) is 22.1. The van der Waals surface area contributed by atoms with Crippen LogP contribution in [0.1, 0.15) is 66.1 Å². The Labute approximate surface area is 216 Å². The first-order valence-electron chi connectivity index (χ1n) is 14.0. The van der Waals surface area contributed by atoms with E-state index in [1.54, 1.807) is 0 Å². The number of aryl methyl sites for hydroxylation is 1. The third-order valence-electron chi connectivity index (χ3n) is 8.34. The Morgan fingerprint density at radius 2 is 1.75 bits per heavy atom. The Bertz CT molecular complexity index is 1010. The van der Waals surface area contributed by atoms with Crippen molar-refractivity contribution in [3.8, 4) is 5.75 Å². The van der Waals surface area contributed by atoms with E-state index < -0.39 is 0 Å². The normalized spacial score (nSPS) is 20.2. The lowest BCUT2D eigenvalue weighted by atomic mass is 9.86. The van der Waals surface area contributed by atoms with E-state index in [0.717, 1.165) is 75.3 Å². The zero-order valence-corrected chi connectivity index (χ0v) is 22.1. The Morgan fingerprint density at radius 1 is 0.972 bits per heavy atom. The molecule has 2 fully saturated rings. The number of carbonyl (C=O) groups excluding carboxylic acids is 1. The van der Waals surface area contributed by atoms with E-state index in [1.165, 1.54) is 48.9 Å². The summed E-state index contributed by atoms with van der Waals surface area (Å²) in [5.74, 6) is 2.44. The molecule has 0 N–H and O–H groups in total. The first-order chi connectivity index (χ1) is 17.6. The molecule has 1 amide bonds. The standard InChI is InChI=1S/C31H42N2O3/c1-3-33(20-23-14-16-35-17-15-23)21-25-6-7-28-19-29(11-8-27(28)18-25)32(2)31(34)26-9-12-30(13-10-26)36-22-24-4-5-24/h6-7,9-10,12-13,18,23-24,29H,3-5,8,11,14-17,19-22H2,1-2H3. The summed E-state index contributed by atoms with van der Waals surface area (Å²) in [6, 6.07) is 14.9. The molecule has 2 aromatic carbocycles. The van der Waals surface area contributed by atoms with Crippen molar-refractivity contribution in [2.24, 2.45) is 11.8 Å². The molecule has 0 bridgehead atoms. The van der Waals surface area contributed by atoms with Crippen molar-refractivity contribution in [3.63, 3.8) is 0 Å². The van der Waals surface area contributed by atoms with E-state index in [2.05, 4.69) is 30.0 Å². The van der Waals surface area contributed by atoms with Crippen LogP contribution in [0, 0.1) is 11.8 Å². The minimum atomic E-state index is 0.0977. The highest BCUT2D eigenvalue weighted by molar-refractivity contribution is 5.94. The second-order valence-corrected chi connectivity index (χ2v) is 11.1. The van der Waals surface area contributed by atoms with Gasteiger partial charge in [-0.2, -0.15) is 0 Å². The van der Waals surface area contributed by atoms with Crippen LogP contribution in [-0.4, -0.2) is 61.7 Å². The predicted octanol–water partition coefficient (Wildman–Crippen LogP) is 5.35. The summed E-state index contributed by atoms with van der Waals surface area (Å²) < 4.78 is 11.4. The quantitative estimate of drug-likeness (QED) is 0.450. The smallest absolute Gasteiger partial charge is 0.253 e. The Kier molecular flexibility index (Phi) is 8.28. The van der Waals surface area contributed by atoms with Gasteiger partial charge in [0.2, 0.25) is 0 Å². The SMILES string of the molecule is CCN(Cc1ccc2c(c1)CCC(N(C)C(=O)c1ccc(OCC3CC3)cc1)C2)CC1CCOCC1.